The second kappa shape index (κ2) is 8.43. The fourth-order valence-corrected chi connectivity index (χ4v) is 4.31. The zero-order chi connectivity index (χ0) is 22.0. The predicted molar refractivity (Wildman–Crippen MR) is 115 cm³/mol. The van der Waals surface area contributed by atoms with Crippen molar-refractivity contribution < 1.29 is 13.2 Å². The van der Waals surface area contributed by atoms with E-state index in [2.05, 4.69) is 15.0 Å². The quantitative estimate of drug-likeness (QED) is 0.650. The van der Waals surface area contributed by atoms with Crippen molar-refractivity contribution >= 4 is 15.7 Å². The summed E-state index contributed by atoms with van der Waals surface area (Å²) in [5, 5.41) is 0. The minimum Gasteiger partial charge on any atom is -0.342 e. The van der Waals surface area contributed by atoms with Crippen molar-refractivity contribution in [2.75, 3.05) is 19.3 Å². The molecule has 160 valence electrons. The summed E-state index contributed by atoms with van der Waals surface area (Å²) >= 11 is 0. The molecule has 0 bridgehead atoms. The van der Waals surface area contributed by atoms with Crippen molar-refractivity contribution in [3.8, 4) is 11.3 Å². The molecule has 1 atom stereocenters. The van der Waals surface area contributed by atoms with E-state index in [4.69, 9.17) is 0 Å². The number of rotatable bonds is 5. The van der Waals surface area contributed by atoms with E-state index >= 15 is 0 Å². The van der Waals surface area contributed by atoms with Gasteiger partial charge >= 0.3 is 0 Å². The zero-order valence-electron chi connectivity index (χ0n) is 17.0. The number of carbonyl (C=O) groups excluding carboxylic acids is 1. The van der Waals surface area contributed by atoms with E-state index in [9.17, 15) is 18.0 Å². The summed E-state index contributed by atoms with van der Waals surface area (Å²) in [5.74, 6) is 0.473. The van der Waals surface area contributed by atoms with Gasteiger partial charge in [-0.15, -0.1) is 0 Å². The summed E-state index contributed by atoms with van der Waals surface area (Å²) < 4.78 is 23.2. The molecule has 4 rings (SSSR count). The second-order valence-electron chi connectivity index (χ2n) is 7.68. The molecule has 0 aliphatic carbocycles. The molecule has 3 heterocycles. The van der Waals surface area contributed by atoms with Crippen molar-refractivity contribution in [1.29, 1.82) is 0 Å². The molecule has 0 saturated carbocycles. The van der Waals surface area contributed by atoms with Gasteiger partial charge in [0.25, 0.3) is 5.56 Å². The third-order valence-electron chi connectivity index (χ3n) is 5.35. The highest BCUT2D eigenvalue weighted by Gasteiger charge is 2.29. The van der Waals surface area contributed by atoms with Gasteiger partial charge in [-0.25, -0.2) is 13.4 Å². The molecule has 8 nitrogen and oxygen atoms in total. The lowest BCUT2D eigenvalue weighted by Gasteiger charge is -2.17. The molecule has 31 heavy (non-hydrogen) atoms. The molecule has 1 fully saturated rings. The smallest absolute Gasteiger partial charge is 0.251 e. The van der Waals surface area contributed by atoms with E-state index in [0.717, 1.165) is 17.4 Å². The number of carbonyl (C=O) groups is 1. The normalized spacial score (nSPS) is 16.4. The molecule has 0 radical (unpaired) electrons. The molecule has 1 amide bonds. The van der Waals surface area contributed by atoms with Gasteiger partial charge in [0.2, 0.25) is 5.91 Å². The van der Waals surface area contributed by atoms with Crippen LogP contribution in [0.5, 0.6) is 0 Å². The van der Waals surface area contributed by atoms with Gasteiger partial charge in [-0.2, -0.15) is 0 Å². The minimum atomic E-state index is -3.26. The van der Waals surface area contributed by atoms with E-state index in [0.29, 0.717) is 31.0 Å². The maximum absolute atomic E-state index is 12.7. The van der Waals surface area contributed by atoms with E-state index in [1.807, 2.05) is 6.07 Å². The van der Waals surface area contributed by atoms with Crippen LogP contribution in [0.25, 0.3) is 11.3 Å². The molecule has 2 aromatic heterocycles. The van der Waals surface area contributed by atoms with Gasteiger partial charge in [-0.3, -0.25) is 14.6 Å². The Hall–Kier alpha value is -3.33. The van der Waals surface area contributed by atoms with Crippen LogP contribution in [0.2, 0.25) is 0 Å². The number of aromatic amines is 1. The second-order valence-corrected chi connectivity index (χ2v) is 9.69. The van der Waals surface area contributed by atoms with Gasteiger partial charge < -0.3 is 9.88 Å². The van der Waals surface area contributed by atoms with Gasteiger partial charge in [0.15, 0.2) is 9.84 Å². The molecule has 1 N–H and O–H groups in total. The number of sulfone groups is 1. The number of nitrogens with zero attached hydrogens (tertiary/aromatic N) is 3. The van der Waals surface area contributed by atoms with Gasteiger partial charge in [0, 0.05) is 49.3 Å². The van der Waals surface area contributed by atoms with E-state index in [1.54, 1.807) is 35.5 Å². The number of hydrogen-bond acceptors (Lipinski definition) is 6. The Labute approximate surface area is 179 Å². The van der Waals surface area contributed by atoms with Crippen LogP contribution in [0.3, 0.4) is 0 Å². The Balaban J connectivity index is 1.45. The number of likely N-dealkylation sites (tertiary alicyclic amines) is 1. The predicted octanol–water partition coefficient (Wildman–Crippen LogP) is 1.79. The van der Waals surface area contributed by atoms with Crippen LogP contribution < -0.4 is 5.56 Å². The van der Waals surface area contributed by atoms with Crippen molar-refractivity contribution in [2.45, 2.75) is 23.7 Å². The number of aromatic nitrogens is 3. The highest BCUT2D eigenvalue weighted by atomic mass is 32.2. The minimum absolute atomic E-state index is 0.0413. The Morgan fingerprint density at radius 1 is 1.23 bits per heavy atom. The molecule has 1 saturated heterocycles. The van der Waals surface area contributed by atoms with E-state index in [1.165, 1.54) is 18.2 Å². The molecule has 9 heteroatoms. The monoisotopic (exact) mass is 438 g/mol. The van der Waals surface area contributed by atoms with Crippen LogP contribution in [0.15, 0.2) is 64.5 Å². The lowest BCUT2D eigenvalue weighted by molar-refractivity contribution is -0.129. The van der Waals surface area contributed by atoms with E-state index < -0.39 is 9.84 Å². The summed E-state index contributed by atoms with van der Waals surface area (Å²) in [5.41, 5.74) is 1.84. The summed E-state index contributed by atoms with van der Waals surface area (Å²) in [6, 6.07) is 11.4. The third-order valence-corrected chi connectivity index (χ3v) is 6.48. The maximum Gasteiger partial charge on any atom is 0.251 e. The maximum atomic E-state index is 12.7. The van der Waals surface area contributed by atoms with Gasteiger partial charge in [-0.05, 0) is 36.2 Å². The Bertz CT molecular complexity index is 1250. The molecule has 1 aliphatic rings. The summed E-state index contributed by atoms with van der Waals surface area (Å²) in [6.07, 6.45) is 5.37. The fraction of sp³-hybridized carbons (Fsp3) is 0.273. The SMILES string of the molecule is CS(=O)(=O)c1ccc(CC(=O)N2CC[C@@H](c3nc(-c4cccnc4)cc(=O)[nH]3)C2)cc1. The molecule has 3 aromatic rings. The van der Waals surface area contributed by atoms with Crippen LogP contribution in [0.4, 0.5) is 0 Å². The molecular weight excluding hydrogens is 416 g/mol. The largest absolute Gasteiger partial charge is 0.342 e. The number of pyridine rings is 1. The van der Waals surface area contributed by atoms with Crippen molar-refractivity contribution in [3.05, 3.63) is 76.6 Å². The van der Waals surface area contributed by atoms with Crippen molar-refractivity contribution in [2.24, 2.45) is 0 Å². The van der Waals surface area contributed by atoms with E-state index in [-0.39, 0.29) is 28.7 Å². The van der Waals surface area contributed by atoms with Crippen molar-refractivity contribution in [3.63, 3.8) is 0 Å². The summed E-state index contributed by atoms with van der Waals surface area (Å²) in [6.45, 7) is 1.05. The molecule has 1 aromatic carbocycles. The molecule has 0 spiro atoms. The fourth-order valence-electron chi connectivity index (χ4n) is 3.68. The van der Waals surface area contributed by atoms with Crippen LogP contribution in [0.1, 0.15) is 23.7 Å². The first kappa shape index (κ1) is 20.9. The first-order chi connectivity index (χ1) is 14.8. The van der Waals surface area contributed by atoms with Crippen LogP contribution in [-0.2, 0) is 21.1 Å². The number of H-pyrrole nitrogens is 1. The number of amides is 1. The molecule has 1 aliphatic heterocycles. The van der Waals surface area contributed by atoms with Crippen LogP contribution in [0, 0.1) is 0 Å². The average Bonchev–Trinajstić information content (AvgIpc) is 3.24. The molecular formula is C22H22N4O4S. The van der Waals surface area contributed by atoms with Crippen LogP contribution in [-0.4, -0.2) is 53.5 Å². The summed E-state index contributed by atoms with van der Waals surface area (Å²) in [7, 11) is -3.26. The number of nitrogens with one attached hydrogen (secondary N) is 1. The topological polar surface area (TPSA) is 113 Å². The number of benzene rings is 1. The zero-order valence-corrected chi connectivity index (χ0v) is 17.8. The highest BCUT2D eigenvalue weighted by molar-refractivity contribution is 7.90. The highest BCUT2D eigenvalue weighted by Crippen LogP contribution is 2.26. The Morgan fingerprint density at radius 2 is 2.00 bits per heavy atom. The average molecular weight is 439 g/mol. The lowest BCUT2D eigenvalue weighted by Crippen LogP contribution is -2.30. The van der Waals surface area contributed by atoms with Gasteiger partial charge in [-0.1, -0.05) is 12.1 Å². The van der Waals surface area contributed by atoms with Crippen molar-refractivity contribution in [1.82, 2.24) is 19.9 Å². The Kier molecular flexibility index (Phi) is 5.69. The summed E-state index contributed by atoms with van der Waals surface area (Å²) in [4.78, 5) is 38.4. The number of hydrogen-bond donors (Lipinski definition) is 1. The van der Waals surface area contributed by atoms with Gasteiger partial charge in [0.05, 0.1) is 17.0 Å². The Morgan fingerprint density at radius 3 is 2.68 bits per heavy atom. The standard InChI is InChI=1S/C22H22N4O4S/c1-31(29,30)18-6-4-15(5-7-18)11-21(28)26-10-8-17(14-26)22-24-19(12-20(27)25-22)16-3-2-9-23-13-16/h2-7,9,12-13,17H,8,10-11,14H2,1H3,(H,24,25,27)/t17-/m1/s1. The first-order valence-corrected chi connectivity index (χ1v) is 11.8. The van der Waals surface area contributed by atoms with Crippen LogP contribution >= 0.6 is 0 Å². The van der Waals surface area contributed by atoms with Gasteiger partial charge in [0.1, 0.15) is 5.82 Å². The lowest BCUT2D eigenvalue weighted by atomic mass is 10.1. The third kappa shape index (κ3) is 4.88. The first-order valence-electron chi connectivity index (χ1n) is 9.88. The molecule has 0 unspecified atom stereocenters.